The molecule has 28 heavy (non-hydrogen) atoms. The van der Waals surface area contributed by atoms with Crippen LogP contribution in [-0.2, 0) is 6.42 Å². The molecule has 1 aliphatic carbocycles. The Labute approximate surface area is 164 Å². The first kappa shape index (κ1) is 18.0. The first-order chi connectivity index (χ1) is 13.6. The summed E-state index contributed by atoms with van der Waals surface area (Å²) in [4.78, 5) is 23.5. The number of ketones is 1. The molecule has 0 unspecified atom stereocenters. The predicted molar refractivity (Wildman–Crippen MR) is 111 cm³/mol. The van der Waals surface area contributed by atoms with Crippen LogP contribution in [0.5, 0.6) is 5.75 Å². The monoisotopic (exact) mass is 374 g/mol. The van der Waals surface area contributed by atoms with E-state index in [0.29, 0.717) is 12.4 Å². The number of carbonyl (C=O) groups is 1. The number of benzene rings is 2. The highest BCUT2D eigenvalue weighted by Crippen LogP contribution is 2.37. The molecule has 0 radical (unpaired) electrons. The maximum absolute atomic E-state index is 12.5. The van der Waals surface area contributed by atoms with E-state index in [1.807, 2.05) is 61.5 Å². The average molecular weight is 374 g/mol. The van der Waals surface area contributed by atoms with Gasteiger partial charge in [0.05, 0.1) is 12.8 Å². The molecule has 1 aromatic heterocycles. The highest BCUT2D eigenvalue weighted by Gasteiger charge is 2.27. The van der Waals surface area contributed by atoms with Gasteiger partial charge in [-0.05, 0) is 36.2 Å². The lowest BCUT2D eigenvalue weighted by molar-refractivity contribution is 0.0995. The number of carbonyl (C=O) groups excluding carboxylic acids is 1. The van der Waals surface area contributed by atoms with Crippen LogP contribution in [0.4, 0.5) is 17.3 Å². The van der Waals surface area contributed by atoms with Gasteiger partial charge in [0.25, 0.3) is 0 Å². The van der Waals surface area contributed by atoms with Crippen molar-refractivity contribution in [3.63, 3.8) is 0 Å². The maximum atomic E-state index is 12.5. The van der Waals surface area contributed by atoms with Gasteiger partial charge in [0.1, 0.15) is 5.75 Å². The Hall–Kier alpha value is -3.41. The first-order valence-corrected chi connectivity index (χ1v) is 9.17. The van der Waals surface area contributed by atoms with Gasteiger partial charge in [0.15, 0.2) is 5.78 Å². The van der Waals surface area contributed by atoms with E-state index >= 15 is 0 Å². The van der Waals surface area contributed by atoms with Gasteiger partial charge in [-0.2, -0.15) is 0 Å². The molecule has 6 nitrogen and oxygen atoms in total. The molecule has 0 spiro atoms. The van der Waals surface area contributed by atoms with Crippen LogP contribution in [-0.4, -0.2) is 37.0 Å². The Balaban J connectivity index is 1.71. The molecule has 2 aromatic carbocycles. The highest BCUT2D eigenvalue weighted by atomic mass is 16.5. The SMILES string of the molecule is COc1cccc(Nc2nccc(-c3ccc(N(C)C)c4c3CCC4=O)n2)c1. The van der Waals surface area contributed by atoms with Crippen LogP contribution in [0.25, 0.3) is 11.3 Å². The van der Waals surface area contributed by atoms with Crippen molar-refractivity contribution in [2.24, 2.45) is 0 Å². The van der Waals surface area contributed by atoms with Crippen LogP contribution in [0.15, 0.2) is 48.7 Å². The zero-order chi connectivity index (χ0) is 19.7. The van der Waals surface area contributed by atoms with Crippen molar-refractivity contribution < 1.29 is 9.53 Å². The fraction of sp³-hybridized carbons (Fsp3) is 0.227. The van der Waals surface area contributed by atoms with E-state index in [4.69, 9.17) is 4.74 Å². The van der Waals surface area contributed by atoms with Gasteiger partial charge in [0.2, 0.25) is 5.95 Å². The van der Waals surface area contributed by atoms with Gasteiger partial charge < -0.3 is 15.0 Å². The van der Waals surface area contributed by atoms with Crippen LogP contribution < -0.4 is 15.0 Å². The van der Waals surface area contributed by atoms with Crippen molar-refractivity contribution in [2.45, 2.75) is 12.8 Å². The number of hydrogen-bond donors (Lipinski definition) is 1. The molecule has 6 heteroatoms. The van der Waals surface area contributed by atoms with E-state index in [1.54, 1.807) is 13.3 Å². The molecule has 1 aliphatic rings. The molecular formula is C22H22N4O2. The Bertz CT molecular complexity index is 1050. The van der Waals surface area contributed by atoms with Crippen molar-refractivity contribution in [1.29, 1.82) is 0 Å². The molecule has 0 amide bonds. The van der Waals surface area contributed by atoms with Gasteiger partial charge in [-0.15, -0.1) is 0 Å². The summed E-state index contributed by atoms with van der Waals surface area (Å²) in [5, 5.41) is 3.22. The number of methoxy groups -OCH3 is 1. The predicted octanol–water partition coefficient (Wildman–Crippen LogP) is 4.09. The molecule has 142 valence electrons. The number of nitrogens with zero attached hydrogens (tertiary/aromatic N) is 3. The zero-order valence-electron chi connectivity index (χ0n) is 16.2. The van der Waals surface area contributed by atoms with Gasteiger partial charge >= 0.3 is 0 Å². The third-order valence-electron chi connectivity index (χ3n) is 4.91. The van der Waals surface area contributed by atoms with Crippen molar-refractivity contribution >= 4 is 23.1 Å². The van der Waals surface area contributed by atoms with Crippen LogP contribution in [0.1, 0.15) is 22.3 Å². The Morgan fingerprint density at radius 2 is 1.96 bits per heavy atom. The van der Waals surface area contributed by atoms with Gasteiger partial charge in [-0.3, -0.25) is 4.79 Å². The lowest BCUT2D eigenvalue weighted by Gasteiger charge is -2.18. The highest BCUT2D eigenvalue weighted by molar-refractivity contribution is 6.07. The van der Waals surface area contributed by atoms with Crippen LogP contribution in [0, 0.1) is 0 Å². The topological polar surface area (TPSA) is 67.3 Å². The summed E-state index contributed by atoms with van der Waals surface area (Å²) in [6.45, 7) is 0. The number of hydrogen-bond acceptors (Lipinski definition) is 6. The maximum Gasteiger partial charge on any atom is 0.227 e. The van der Waals surface area contributed by atoms with Crippen molar-refractivity contribution in [3.05, 3.63) is 59.8 Å². The number of fused-ring (bicyclic) bond motifs is 1. The molecule has 0 atom stereocenters. The zero-order valence-corrected chi connectivity index (χ0v) is 16.2. The minimum Gasteiger partial charge on any atom is -0.497 e. The summed E-state index contributed by atoms with van der Waals surface area (Å²) >= 11 is 0. The Morgan fingerprint density at radius 3 is 2.75 bits per heavy atom. The molecular weight excluding hydrogens is 352 g/mol. The largest absolute Gasteiger partial charge is 0.497 e. The smallest absolute Gasteiger partial charge is 0.227 e. The van der Waals surface area contributed by atoms with E-state index in [-0.39, 0.29) is 5.78 Å². The van der Waals surface area contributed by atoms with E-state index in [0.717, 1.165) is 45.9 Å². The lowest BCUT2D eigenvalue weighted by Crippen LogP contribution is -2.13. The Morgan fingerprint density at radius 1 is 1.11 bits per heavy atom. The molecule has 0 bridgehead atoms. The molecule has 3 aromatic rings. The third kappa shape index (κ3) is 3.29. The summed E-state index contributed by atoms with van der Waals surface area (Å²) in [6.07, 6.45) is 3.02. The fourth-order valence-electron chi connectivity index (χ4n) is 3.58. The minimum atomic E-state index is 0.198. The van der Waals surface area contributed by atoms with E-state index in [9.17, 15) is 4.79 Å². The van der Waals surface area contributed by atoms with Crippen molar-refractivity contribution in [3.8, 4) is 17.0 Å². The number of aromatic nitrogens is 2. The fourth-order valence-corrected chi connectivity index (χ4v) is 3.58. The van der Waals surface area contributed by atoms with Gasteiger partial charge in [-0.1, -0.05) is 12.1 Å². The molecule has 0 aliphatic heterocycles. The quantitative estimate of drug-likeness (QED) is 0.725. The first-order valence-electron chi connectivity index (χ1n) is 9.17. The molecule has 1 heterocycles. The van der Waals surface area contributed by atoms with Crippen LogP contribution >= 0.6 is 0 Å². The second-order valence-electron chi connectivity index (χ2n) is 6.93. The number of anilines is 3. The third-order valence-corrected chi connectivity index (χ3v) is 4.91. The minimum absolute atomic E-state index is 0.198. The summed E-state index contributed by atoms with van der Waals surface area (Å²) in [5.41, 5.74) is 5.50. The van der Waals surface area contributed by atoms with Crippen LogP contribution in [0.2, 0.25) is 0 Å². The van der Waals surface area contributed by atoms with E-state index in [1.165, 1.54) is 0 Å². The number of Topliss-reactive ketones (excluding diaryl/α,β-unsaturated/α-hetero) is 1. The molecule has 0 saturated carbocycles. The second-order valence-corrected chi connectivity index (χ2v) is 6.93. The van der Waals surface area contributed by atoms with Crippen molar-refractivity contribution in [2.75, 3.05) is 31.4 Å². The number of ether oxygens (including phenoxy) is 1. The summed E-state index contributed by atoms with van der Waals surface area (Å²) in [6, 6.07) is 13.5. The Kier molecular flexibility index (Phi) is 4.69. The lowest BCUT2D eigenvalue weighted by atomic mass is 9.98. The van der Waals surface area contributed by atoms with E-state index in [2.05, 4.69) is 15.3 Å². The average Bonchev–Trinajstić information content (AvgIpc) is 3.09. The van der Waals surface area contributed by atoms with Crippen LogP contribution in [0.3, 0.4) is 0 Å². The summed E-state index contributed by atoms with van der Waals surface area (Å²) in [5.74, 6) is 1.46. The standard InChI is InChI=1S/C22H22N4O2/c1-26(2)19-9-7-16(17-8-10-20(27)21(17)19)18-11-12-23-22(25-18)24-14-5-4-6-15(13-14)28-3/h4-7,9,11-13H,8,10H2,1-3H3,(H,23,24,25). The number of rotatable bonds is 5. The molecule has 0 fully saturated rings. The normalized spacial score (nSPS) is 12.6. The van der Waals surface area contributed by atoms with Gasteiger partial charge in [0, 0.05) is 55.3 Å². The molecule has 0 saturated heterocycles. The number of nitrogens with one attached hydrogen (secondary N) is 1. The van der Waals surface area contributed by atoms with Gasteiger partial charge in [-0.25, -0.2) is 9.97 Å². The second kappa shape index (κ2) is 7.31. The summed E-state index contributed by atoms with van der Waals surface area (Å²) < 4.78 is 5.26. The molecule has 4 rings (SSSR count). The molecule has 1 N–H and O–H groups in total. The summed E-state index contributed by atoms with van der Waals surface area (Å²) in [7, 11) is 5.55. The van der Waals surface area contributed by atoms with Crippen molar-refractivity contribution in [1.82, 2.24) is 9.97 Å². The van der Waals surface area contributed by atoms with E-state index < -0.39 is 0 Å².